The molecule has 0 fully saturated rings. The summed E-state index contributed by atoms with van der Waals surface area (Å²) in [5, 5.41) is 21.8. The van der Waals surface area contributed by atoms with Crippen LogP contribution in [0.1, 0.15) is 27.8 Å². The van der Waals surface area contributed by atoms with Crippen LogP contribution < -0.4 is 20.3 Å². The first kappa shape index (κ1) is 77.2. The van der Waals surface area contributed by atoms with E-state index in [-0.39, 0.29) is 84.3 Å². The standard InChI is InChI=1S/C27H19NOP.C21H17N3.C20H14N2O.C20H14N2S.4Pt/c29-30(25-14-8-3-9-15-25)26(20-28-27(30)24-12-6-2-7-13-24)23-18-16-22(17-19-23)21-10-4-1-5-11-21;1-23-16-24(20-10-6-3-7-11-20)22-21(23)19-14-12-18(13-15-19)17-8-4-2-5-9-17;2*1-3-7-16(8-4-1)17-11-13-18(14-12-17)20-21-22(15-23-20)19-9-5-2-6-10-19;;;;/h1-12,14-20H;2-10,12-16H,1H3;2*1-9,11-15H;;;;/q-1;3*-2;;;;+2. The molecule has 0 bridgehead atoms. The van der Waals surface area contributed by atoms with Gasteiger partial charge in [-0.1, -0.05) is 260 Å². The average molecular weight is 2110 g/mol. The maximum Gasteiger partial charge on any atom is 2.00 e. The number of ether oxygens (including phenoxy) is 1. The second-order valence-corrected chi connectivity index (χ2v) is 26.6. The number of aliphatic imine (C=N–C) groups is 1. The molecule has 4 heterocycles. The van der Waals surface area contributed by atoms with E-state index in [1.165, 1.54) is 33.4 Å². The largest absolute Gasteiger partial charge is 2.00 e. The van der Waals surface area contributed by atoms with Gasteiger partial charge in [0.15, 0.2) is 7.14 Å². The summed E-state index contributed by atoms with van der Waals surface area (Å²) < 4.78 is 20.2. The van der Waals surface area contributed by atoms with Gasteiger partial charge in [0.25, 0.3) is 0 Å². The summed E-state index contributed by atoms with van der Waals surface area (Å²) in [4.78, 5) is 6.66. The summed E-state index contributed by atoms with van der Waals surface area (Å²) in [5.41, 5.74) is 17.7. The molecular weight excluding hydrogens is 2040 g/mol. The van der Waals surface area contributed by atoms with Gasteiger partial charge >= 0.3 is 21.1 Å². The van der Waals surface area contributed by atoms with Gasteiger partial charge in [-0.2, -0.15) is 88.9 Å². The number of rotatable bonds is 13. The molecule has 4 aliphatic rings. The molecule has 13 aromatic carbocycles. The number of para-hydroxylation sites is 3. The Kier molecular flexibility index (Phi) is 28.1. The zero-order valence-corrected chi connectivity index (χ0v) is 66.5. The van der Waals surface area contributed by atoms with Crippen molar-refractivity contribution in [1.29, 1.82) is 0 Å². The van der Waals surface area contributed by atoms with E-state index >= 15 is 0 Å². The first-order valence-electron chi connectivity index (χ1n) is 32.5. The Labute approximate surface area is 671 Å². The molecule has 10 nitrogen and oxygen atoms in total. The third kappa shape index (κ3) is 18.7. The Morgan fingerprint density at radius 3 is 1.19 bits per heavy atom. The monoisotopic (exact) mass is 2110 g/mol. The number of nitrogens with zero attached hydrogens (tertiary/aromatic N) is 8. The van der Waals surface area contributed by atoms with Crippen LogP contribution in [0.2, 0.25) is 0 Å². The Morgan fingerprint density at radius 2 is 0.750 bits per heavy atom. The molecule has 0 aliphatic carbocycles. The second kappa shape index (κ2) is 37.9. The van der Waals surface area contributed by atoms with Crippen LogP contribution in [0.5, 0.6) is 0 Å². The van der Waals surface area contributed by atoms with Crippen molar-refractivity contribution in [2.24, 2.45) is 20.3 Å². The van der Waals surface area contributed by atoms with E-state index < -0.39 is 7.14 Å². The Hall–Kier alpha value is -9.39. The minimum atomic E-state index is -3.09. The third-order valence-corrected chi connectivity index (χ3v) is 20.5. The van der Waals surface area contributed by atoms with Crippen LogP contribution in [-0.4, -0.2) is 34.2 Å². The fraction of sp³-hybridized carbons (Fsp3) is 0.0114. The number of hydrogen-bond acceptors (Lipinski definition) is 11. The minimum Gasteiger partial charge on any atom is -0.625 e. The van der Waals surface area contributed by atoms with Gasteiger partial charge in [-0.25, -0.2) is 5.10 Å². The molecule has 0 aromatic heterocycles. The Bertz CT molecular complexity index is 4900. The summed E-state index contributed by atoms with van der Waals surface area (Å²) >= 11 is 1.63. The molecule has 1 atom stereocenters. The number of amidine groups is 1. The van der Waals surface area contributed by atoms with Gasteiger partial charge in [0.05, 0.1) is 5.04 Å². The van der Waals surface area contributed by atoms with Crippen molar-refractivity contribution in [2.45, 2.75) is 0 Å². The topological polar surface area (TPSA) is 88.7 Å². The van der Waals surface area contributed by atoms with E-state index in [1.54, 1.807) is 29.7 Å². The molecular formula is C88H64N8O2PPt4S-5. The fourth-order valence-electron chi connectivity index (χ4n) is 11.4. The van der Waals surface area contributed by atoms with E-state index in [4.69, 9.17) is 9.84 Å². The normalized spacial score (nSPS) is 14.5. The van der Waals surface area contributed by atoms with Crippen molar-refractivity contribution in [3.63, 3.8) is 0 Å². The number of hydrazone groups is 3. The van der Waals surface area contributed by atoms with Gasteiger partial charge in [-0.05, 0) is 69.3 Å². The third-order valence-electron chi connectivity index (χ3n) is 16.6. The summed E-state index contributed by atoms with van der Waals surface area (Å²) in [7, 11) is -1.09. The predicted molar refractivity (Wildman–Crippen MR) is 413 cm³/mol. The zero-order chi connectivity index (χ0) is 67.7. The van der Waals surface area contributed by atoms with Gasteiger partial charge in [-0.3, -0.25) is 16.8 Å². The number of anilines is 3. The van der Waals surface area contributed by atoms with Gasteiger partial charge in [0.1, 0.15) is 5.84 Å². The molecule has 0 saturated carbocycles. The van der Waals surface area contributed by atoms with Crippen LogP contribution in [0.4, 0.5) is 17.1 Å². The maximum atomic E-state index is 14.6. The first-order valence-corrected chi connectivity index (χ1v) is 35.1. The summed E-state index contributed by atoms with van der Waals surface area (Å²) in [5.74, 6) is 3.51. The molecule has 0 spiro atoms. The Morgan fingerprint density at radius 1 is 0.375 bits per heavy atom. The molecule has 0 radical (unpaired) electrons. The number of hydrogen-bond donors (Lipinski definition) is 0. The quantitative estimate of drug-likeness (QED) is 0.0839. The van der Waals surface area contributed by atoms with E-state index in [9.17, 15) is 4.57 Å². The second-order valence-electron chi connectivity index (χ2n) is 23.1. The Balaban J connectivity index is 0.000000148. The predicted octanol–water partition coefficient (Wildman–Crippen LogP) is 20.6. The molecule has 13 aromatic rings. The van der Waals surface area contributed by atoms with Crippen molar-refractivity contribution in [3.8, 4) is 44.5 Å². The molecule has 0 N–H and O–H groups in total. The van der Waals surface area contributed by atoms with Gasteiger partial charge in [0.2, 0.25) is 5.90 Å². The molecule has 524 valence electrons. The van der Waals surface area contributed by atoms with Crippen LogP contribution in [0.25, 0.3) is 49.8 Å². The summed E-state index contributed by atoms with van der Waals surface area (Å²) in [6, 6.07) is 128. The minimum absolute atomic E-state index is 0. The van der Waals surface area contributed by atoms with E-state index in [0.29, 0.717) is 11.4 Å². The summed E-state index contributed by atoms with van der Waals surface area (Å²) in [6.07, 6.45) is 1.77. The van der Waals surface area contributed by atoms with Gasteiger partial charge in [-0.15, -0.1) is 60.8 Å². The van der Waals surface area contributed by atoms with Gasteiger partial charge in [0, 0.05) is 102 Å². The molecule has 4 aliphatic heterocycles. The summed E-state index contributed by atoms with van der Waals surface area (Å²) in [6.45, 7) is 3.55. The number of thioether (sulfide) groups is 1. The zero-order valence-electron chi connectivity index (χ0n) is 55.7. The molecule has 1 unspecified atom stereocenters. The van der Waals surface area contributed by atoms with E-state index in [0.717, 1.165) is 77.5 Å². The van der Waals surface area contributed by atoms with E-state index in [2.05, 4.69) is 185 Å². The number of benzene rings is 13. The fourth-order valence-corrected chi connectivity index (χ4v) is 15.0. The van der Waals surface area contributed by atoms with Crippen LogP contribution in [-0.2, 0) is 93.6 Å². The van der Waals surface area contributed by atoms with E-state index in [1.807, 2.05) is 235 Å². The average Bonchev–Trinajstić information content (AvgIpc) is 1.56. The molecule has 17 rings (SSSR count). The van der Waals surface area contributed by atoms with Crippen molar-refractivity contribution in [1.82, 2.24) is 4.90 Å². The van der Waals surface area contributed by atoms with Crippen molar-refractivity contribution in [3.05, 3.63) is 423 Å². The molecule has 16 heteroatoms. The van der Waals surface area contributed by atoms with Crippen molar-refractivity contribution < 1.29 is 93.6 Å². The SMILES string of the molecule is CN1[CH-]N(c2[c-]cccc2)N=C1c1ccc(-c2ccccc2)cc1.O=P1(c2ccccc2)C(c2ccc(-c3ccccc3)cc2)=CN=C1c1[c-]cccc1.[Pt+2].[Pt].[Pt].[Pt].[c-]1ccccc1N1[CH-]OC(c2ccc(-c3ccccc3)cc2)=N1.[c-]1ccccc1N1[CH-]SC(c2ccc(-c3ccccc3)cc2)=N1. The van der Waals surface area contributed by atoms with Gasteiger partial charge < -0.3 is 29.2 Å². The van der Waals surface area contributed by atoms with Crippen LogP contribution in [0.15, 0.2) is 372 Å². The smallest absolute Gasteiger partial charge is 0.625 e. The molecule has 0 amide bonds. The molecule has 0 saturated heterocycles. The van der Waals surface area contributed by atoms with Crippen molar-refractivity contribution >= 4 is 68.8 Å². The van der Waals surface area contributed by atoms with Crippen LogP contribution in [0.3, 0.4) is 0 Å². The molecule has 104 heavy (non-hydrogen) atoms. The first-order chi connectivity index (χ1) is 49.4. The van der Waals surface area contributed by atoms with Crippen molar-refractivity contribution in [2.75, 3.05) is 22.1 Å². The maximum absolute atomic E-state index is 14.6. The van der Waals surface area contributed by atoms with Crippen LogP contribution in [0, 0.1) is 43.5 Å². The van der Waals surface area contributed by atoms with Crippen LogP contribution >= 0.6 is 18.9 Å².